The molecule has 0 aromatic heterocycles. The van der Waals surface area contributed by atoms with Crippen LogP contribution in [-0.2, 0) is 0 Å². The van der Waals surface area contributed by atoms with Gasteiger partial charge in [0.25, 0.3) is 0 Å². The van der Waals surface area contributed by atoms with Crippen molar-refractivity contribution >= 4 is 0 Å². The standard InChI is InChI=1S/C18H29N/c1-18(2,3)13-7-10-16(14-19-17-11-12-17)15-8-5-4-6-9-15/h4-6,8-9,16-17,19H,7,10-14H2,1-3H3. The zero-order valence-corrected chi connectivity index (χ0v) is 12.8. The van der Waals surface area contributed by atoms with Crippen molar-refractivity contribution in [2.24, 2.45) is 5.41 Å². The normalized spacial score (nSPS) is 17.4. The molecule has 1 aliphatic carbocycles. The Bertz CT molecular complexity index is 359. The van der Waals surface area contributed by atoms with Crippen LogP contribution in [0.25, 0.3) is 0 Å². The lowest BCUT2D eigenvalue weighted by molar-refractivity contribution is 0.350. The Kier molecular flexibility index (Phi) is 5.04. The molecule has 1 heteroatoms. The average molecular weight is 259 g/mol. The predicted octanol–water partition coefficient (Wildman–Crippen LogP) is 4.74. The Morgan fingerprint density at radius 3 is 2.42 bits per heavy atom. The Hall–Kier alpha value is -0.820. The van der Waals surface area contributed by atoms with Gasteiger partial charge in [0.15, 0.2) is 0 Å². The Balaban J connectivity index is 1.86. The van der Waals surface area contributed by atoms with Crippen molar-refractivity contribution in [3.05, 3.63) is 35.9 Å². The number of hydrogen-bond acceptors (Lipinski definition) is 1. The molecule has 0 bridgehead atoms. The highest BCUT2D eigenvalue weighted by Crippen LogP contribution is 2.28. The number of benzene rings is 1. The summed E-state index contributed by atoms with van der Waals surface area (Å²) in [4.78, 5) is 0. The predicted molar refractivity (Wildman–Crippen MR) is 83.5 cm³/mol. The molecule has 0 spiro atoms. The van der Waals surface area contributed by atoms with Gasteiger partial charge in [0.2, 0.25) is 0 Å². The summed E-state index contributed by atoms with van der Waals surface area (Å²) in [6.45, 7) is 8.17. The quantitative estimate of drug-likeness (QED) is 0.746. The molecule has 0 amide bonds. The van der Waals surface area contributed by atoms with Crippen molar-refractivity contribution in [3.8, 4) is 0 Å². The van der Waals surface area contributed by atoms with Gasteiger partial charge in [-0.3, -0.25) is 0 Å². The molecule has 0 aliphatic heterocycles. The van der Waals surface area contributed by atoms with E-state index in [2.05, 4.69) is 56.4 Å². The van der Waals surface area contributed by atoms with E-state index in [1.54, 1.807) is 0 Å². The Morgan fingerprint density at radius 2 is 1.84 bits per heavy atom. The van der Waals surface area contributed by atoms with E-state index in [1.165, 1.54) is 37.7 Å². The van der Waals surface area contributed by atoms with Crippen molar-refractivity contribution < 1.29 is 0 Å². The summed E-state index contributed by atoms with van der Waals surface area (Å²) in [5.74, 6) is 0.684. The van der Waals surface area contributed by atoms with Gasteiger partial charge in [0, 0.05) is 12.6 Å². The molecule has 0 radical (unpaired) electrons. The molecule has 19 heavy (non-hydrogen) atoms. The van der Waals surface area contributed by atoms with Gasteiger partial charge in [0.1, 0.15) is 0 Å². The Labute approximate surface area is 118 Å². The van der Waals surface area contributed by atoms with E-state index in [4.69, 9.17) is 0 Å². The van der Waals surface area contributed by atoms with Gasteiger partial charge in [-0.1, -0.05) is 57.5 Å². The SMILES string of the molecule is CC(C)(C)CCCC(CNC1CC1)c1ccccc1. The summed E-state index contributed by atoms with van der Waals surface area (Å²) in [5, 5.41) is 3.70. The van der Waals surface area contributed by atoms with Crippen molar-refractivity contribution in [3.63, 3.8) is 0 Å². The van der Waals surface area contributed by atoms with Crippen LogP contribution in [-0.4, -0.2) is 12.6 Å². The van der Waals surface area contributed by atoms with Gasteiger partial charge in [-0.05, 0) is 42.6 Å². The van der Waals surface area contributed by atoms with E-state index >= 15 is 0 Å². The molecular formula is C18H29N. The second-order valence-electron chi connectivity index (χ2n) is 7.24. The van der Waals surface area contributed by atoms with Crippen LogP contribution >= 0.6 is 0 Å². The average Bonchev–Trinajstić information content (AvgIpc) is 3.17. The second kappa shape index (κ2) is 6.56. The van der Waals surface area contributed by atoms with E-state index in [0.717, 1.165) is 12.6 Å². The van der Waals surface area contributed by atoms with E-state index in [0.29, 0.717) is 11.3 Å². The lowest BCUT2D eigenvalue weighted by Gasteiger charge is -2.22. The van der Waals surface area contributed by atoms with Gasteiger partial charge < -0.3 is 5.32 Å². The van der Waals surface area contributed by atoms with E-state index in [1.807, 2.05) is 0 Å². The third kappa shape index (κ3) is 5.78. The molecule has 1 aromatic rings. The molecule has 1 aliphatic rings. The molecule has 1 atom stereocenters. The van der Waals surface area contributed by atoms with E-state index in [9.17, 15) is 0 Å². The van der Waals surface area contributed by atoms with E-state index < -0.39 is 0 Å². The lowest BCUT2D eigenvalue weighted by atomic mass is 9.86. The number of rotatable bonds is 7. The lowest BCUT2D eigenvalue weighted by Crippen LogP contribution is -2.23. The molecule has 1 N–H and O–H groups in total. The van der Waals surface area contributed by atoms with Crippen LogP contribution in [0, 0.1) is 5.41 Å². The smallest absolute Gasteiger partial charge is 0.00684 e. The summed E-state index contributed by atoms with van der Waals surface area (Å²) in [7, 11) is 0. The Morgan fingerprint density at radius 1 is 1.16 bits per heavy atom. The van der Waals surface area contributed by atoms with Crippen LogP contribution in [0.5, 0.6) is 0 Å². The largest absolute Gasteiger partial charge is 0.313 e. The topological polar surface area (TPSA) is 12.0 Å². The molecular weight excluding hydrogens is 230 g/mol. The molecule has 1 saturated carbocycles. The second-order valence-corrected chi connectivity index (χ2v) is 7.24. The molecule has 1 unspecified atom stereocenters. The number of nitrogens with one attached hydrogen (secondary N) is 1. The summed E-state index contributed by atoms with van der Waals surface area (Å²) < 4.78 is 0. The maximum atomic E-state index is 3.70. The minimum atomic E-state index is 0.463. The zero-order chi connectivity index (χ0) is 13.7. The monoisotopic (exact) mass is 259 g/mol. The summed E-state index contributed by atoms with van der Waals surface area (Å²) in [6, 6.07) is 11.8. The fourth-order valence-electron chi connectivity index (χ4n) is 2.59. The van der Waals surface area contributed by atoms with Crippen LogP contribution < -0.4 is 5.32 Å². The first-order valence-electron chi connectivity index (χ1n) is 7.83. The van der Waals surface area contributed by atoms with Gasteiger partial charge in [-0.2, -0.15) is 0 Å². The van der Waals surface area contributed by atoms with Gasteiger partial charge in [0.05, 0.1) is 0 Å². The fraction of sp³-hybridized carbons (Fsp3) is 0.667. The summed E-state index contributed by atoms with van der Waals surface area (Å²) >= 11 is 0. The van der Waals surface area contributed by atoms with E-state index in [-0.39, 0.29) is 0 Å². The highest BCUT2D eigenvalue weighted by Gasteiger charge is 2.22. The molecule has 1 nitrogen and oxygen atoms in total. The van der Waals surface area contributed by atoms with Gasteiger partial charge in [-0.15, -0.1) is 0 Å². The van der Waals surface area contributed by atoms with Crippen molar-refractivity contribution in [1.82, 2.24) is 5.32 Å². The molecule has 1 aromatic carbocycles. The highest BCUT2D eigenvalue weighted by molar-refractivity contribution is 5.20. The third-order valence-electron chi connectivity index (χ3n) is 3.98. The molecule has 1 fully saturated rings. The number of hydrogen-bond donors (Lipinski definition) is 1. The van der Waals surface area contributed by atoms with Gasteiger partial charge >= 0.3 is 0 Å². The fourth-order valence-corrected chi connectivity index (χ4v) is 2.59. The third-order valence-corrected chi connectivity index (χ3v) is 3.98. The van der Waals surface area contributed by atoms with Crippen LogP contribution in [0.3, 0.4) is 0 Å². The first-order valence-corrected chi connectivity index (χ1v) is 7.83. The highest BCUT2D eigenvalue weighted by atomic mass is 14.9. The van der Waals surface area contributed by atoms with Crippen LogP contribution in [0.15, 0.2) is 30.3 Å². The van der Waals surface area contributed by atoms with Crippen molar-refractivity contribution in [2.45, 2.75) is 64.8 Å². The minimum Gasteiger partial charge on any atom is -0.313 e. The maximum Gasteiger partial charge on any atom is 0.00684 e. The molecule has 0 saturated heterocycles. The molecule has 2 rings (SSSR count). The van der Waals surface area contributed by atoms with Crippen LogP contribution in [0.4, 0.5) is 0 Å². The summed E-state index contributed by atoms with van der Waals surface area (Å²) in [6.07, 6.45) is 6.71. The zero-order valence-electron chi connectivity index (χ0n) is 12.8. The van der Waals surface area contributed by atoms with Crippen molar-refractivity contribution in [1.29, 1.82) is 0 Å². The van der Waals surface area contributed by atoms with Crippen LogP contribution in [0.2, 0.25) is 0 Å². The van der Waals surface area contributed by atoms with Crippen molar-refractivity contribution in [2.75, 3.05) is 6.54 Å². The molecule has 0 heterocycles. The maximum absolute atomic E-state index is 3.70. The minimum absolute atomic E-state index is 0.463. The van der Waals surface area contributed by atoms with Crippen LogP contribution in [0.1, 0.15) is 64.4 Å². The molecule has 106 valence electrons. The summed E-state index contributed by atoms with van der Waals surface area (Å²) in [5.41, 5.74) is 1.97. The van der Waals surface area contributed by atoms with Gasteiger partial charge in [-0.25, -0.2) is 0 Å². The first-order chi connectivity index (χ1) is 9.04. The first kappa shape index (κ1) is 14.6.